The van der Waals surface area contributed by atoms with E-state index in [1.165, 1.54) is 36.9 Å². The van der Waals surface area contributed by atoms with E-state index in [1.54, 1.807) is 0 Å². The van der Waals surface area contributed by atoms with Gasteiger partial charge in [-0.05, 0) is 18.9 Å². The summed E-state index contributed by atoms with van der Waals surface area (Å²) < 4.78 is 32.1. The molecule has 1 amide bonds. The summed E-state index contributed by atoms with van der Waals surface area (Å²) in [6.45, 7) is 0.228. The van der Waals surface area contributed by atoms with Crippen molar-refractivity contribution in [2.75, 3.05) is 27.3 Å². The number of hydrogen-bond donors (Lipinski definition) is 1. The van der Waals surface area contributed by atoms with Crippen LogP contribution in [0, 0.1) is 0 Å². The molecule has 0 aliphatic carbocycles. The summed E-state index contributed by atoms with van der Waals surface area (Å²) in [6, 6.07) is 1.32. The summed E-state index contributed by atoms with van der Waals surface area (Å²) in [5.41, 5.74) is -1.25. The van der Waals surface area contributed by atoms with Crippen LogP contribution in [-0.2, 0) is 19.6 Å². The van der Waals surface area contributed by atoms with E-state index in [0.717, 1.165) is 0 Å². The molecule has 2 rings (SSSR count). The smallest absolute Gasteiger partial charge is 0.245 e. The number of carbonyl (C=O) groups is 1. The molecule has 1 fully saturated rings. The third-order valence-corrected chi connectivity index (χ3v) is 5.87. The number of aromatic nitrogens is 1. The Morgan fingerprint density at radius 2 is 2.27 bits per heavy atom. The fraction of sp³-hybridized carbons (Fsp3) is 0.538. The molecule has 0 saturated carbocycles. The zero-order valence-electron chi connectivity index (χ0n) is 12.4. The molecule has 1 aromatic heterocycles. The van der Waals surface area contributed by atoms with Crippen molar-refractivity contribution in [3.8, 4) is 0 Å². The van der Waals surface area contributed by atoms with Crippen molar-refractivity contribution >= 4 is 27.5 Å². The standard InChI is InChI=1S/C13H18ClN3O4S/c1-15-12(18)13(9-21-2)4-3-5-17(13)22(19,20)11-6-10(14)7-16-8-11/h6-8H,3-5,9H2,1-2H3,(H,15,18). The maximum atomic E-state index is 12.9. The maximum Gasteiger partial charge on any atom is 0.245 e. The van der Waals surface area contributed by atoms with E-state index in [9.17, 15) is 13.2 Å². The number of ether oxygens (including phenoxy) is 1. The van der Waals surface area contributed by atoms with Crippen molar-refractivity contribution in [2.24, 2.45) is 0 Å². The summed E-state index contributed by atoms with van der Waals surface area (Å²) in [5.74, 6) is -0.384. The van der Waals surface area contributed by atoms with Crippen LogP contribution < -0.4 is 5.32 Å². The maximum absolute atomic E-state index is 12.9. The Bertz CT molecular complexity index is 667. The van der Waals surface area contributed by atoms with Crippen molar-refractivity contribution in [2.45, 2.75) is 23.3 Å². The number of rotatable bonds is 5. The van der Waals surface area contributed by atoms with E-state index in [0.29, 0.717) is 12.8 Å². The van der Waals surface area contributed by atoms with Crippen LogP contribution in [0.25, 0.3) is 0 Å². The van der Waals surface area contributed by atoms with Crippen LogP contribution in [-0.4, -0.2) is 56.5 Å². The van der Waals surface area contributed by atoms with Crippen LogP contribution in [0.15, 0.2) is 23.4 Å². The first-order valence-electron chi connectivity index (χ1n) is 6.73. The predicted octanol–water partition coefficient (Wildman–Crippen LogP) is 0.651. The molecule has 0 radical (unpaired) electrons. The van der Waals surface area contributed by atoms with Crippen LogP contribution in [0.1, 0.15) is 12.8 Å². The quantitative estimate of drug-likeness (QED) is 0.844. The van der Waals surface area contributed by atoms with Gasteiger partial charge in [-0.1, -0.05) is 11.6 Å². The minimum Gasteiger partial charge on any atom is -0.382 e. The lowest BCUT2D eigenvalue weighted by Gasteiger charge is -2.35. The minimum absolute atomic E-state index is 0.0140. The minimum atomic E-state index is -3.90. The van der Waals surface area contributed by atoms with Gasteiger partial charge < -0.3 is 10.1 Å². The van der Waals surface area contributed by atoms with Gasteiger partial charge in [0.25, 0.3) is 0 Å². The molecule has 9 heteroatoms. The highest BCUT2D eigenvalue weighted by molar-refractivity contribution is 7.89. The van der Waals surface area contributed by atoms with Gasteiger partial charge in [0.1, 0.15) is 10.4 Å². The Labute approximate surface area is 134 Å². The fourth-order valence-electron chi connectivity index (χ4n) is 2.77. The van der Waals surface area contributed by atoms with Gasteiger partial charge in [-0.15, -0.1) is 0 Å². The second-order valence-electron chi connectivity index (χ2n) is 5.06. The molecule has 0 aromatic carbocycles. The molecule has 22 heavy (non-hydrogen) atoms. The molecule has 1 aromatic rings. The van der Waals surface area contributed by atoms with E-state index in [2.05, 4.69) is 10.3 Å². The third-order valence-electron chi connectivity index (χ3n) is 3.73. The first kappa shape index (κ1) is 17.1. The van der Waals surface area contributed by atoms with Gasteiger partial charge in [0.15, 0.2) is 0 Å². The van der Waals surface area contributed by atoms with Crippen molar-refractivity contribution in [3.05, 3.63) is 23.5 Å². The van der Waals surface area contributed by atoms with Crippen LogP contribution in [0.2, 0.25) is 5.02 Å². The van der Waals surface area contributed by atoms with Gasteiger partial charge in [-0.3, -0.25) is 9.78 Å². The summed E-state index contributed by atoms with van der Waals surface area (Å²) in [6.07, 6.45) is 3.55. The monoisotopic (exact) mass is 347 g/mol. The lowest BCUT2D eigenvalue weighted by atomic mass is 9.97. The average Bonchev–Trinajstić information content (AvgIpc) is 2.92. The highest BCUT2D eigenvalue weighted by atomic mass is 35.5. The number of halogens is 1. The van der Waals surface area contributed by atoms with E-state index in [4.69, 9.17) is 16.3 Å². The van der Waals surface area contributed by atoms with Crippen molar-refractivity contribution in [3.63, 3.8) is 0 Å². The van der Waals surface area contributed by atoms with Gasteiger partial charge in [0.05, 0.1) is 11.6 Å². The second kappa shape index (κ2) is 6.49. The van der Waals surface area contributed by atoms with Crippen LogP contribution in [0.3, 0.4) is 0 Å². The zero-order chi connectivity index (χ0) is 16.4. The molecular formula is C13H18ClN3O4S. The Kier molecular flexibility index (Phi) is 5.06. The number of hydrogen-bond acceptors (Lipinski definition) is 5. The Hall–Kier alpha value is -1.22. The molecule has 1 saturated heterocycles. The molecule has 7 nitrogen and oxygen atoms in total. The summed E-state index contributed by atoms with van der Waals surface area (Å²) >= 11 is 5.83. The number of likely N-dealkylation sites (N-methyl/N-ethyl adjacent to an activating group) is 1. The molecule has 1 atom stereocenters. The highest BCUT2D eigenvalue weighted by Gasteiger charge is 2.52. The average molecular weight is 348 g/mol. The number of carbonyl (C=O) groups excluding carboxylic acids is 1. The lowest BCUT2D eigenvalue weighted by Crippen LogP contribution is -2.59. The molecule has 122 valence electrons. The zero-order valence-corrected chi connectivity index (χ0v) is 13.9. The largest absolute Gasteiger partial charge is 0.382 e. The Morgan fingerprint density at radius 1 is 1.55 bits per heavy atom. The normalized spacial score (nSPS) is 22.7. The number of pyridine rings is 1. The first-order chi connectivity index (χ1) is 10.4. The number of amides is 1. The number of methoxy groups -OCH3 is 1. The molecule has 1 aliphatic heterocycles. The van der Waals surface area contributed by atoms with Crippen molar-refractivity contribution in [1.82, 2.24) is 14.6 Å². The molecule has 0 spiro atoms. The lowest BCUT2D eigenvalue weighted by molar-refractivity contribution is -0.131. The van der Waals surface area contributed by atoms with Crippen molar-refractivity contribution in [1.29, 1.82) is 0 Å². The topological polar surface area (TPSA) is 88.6 Å². The van der Waals surface area contributed by atoms with Gasteiger partial charge in [0.2, 0.25) is 15.9 Å². The Balaban J connectivity index is 2.50. The predicted molar refractivity (Wildman–Crippen MR) is 81.0 cm³/mol. The van der Waals surface area contributed by atoms with Crippen LogP contribution >= 0.6 is 11.6 Å². The van der Waals surface area contributed by atoms with E-state index >= 15 is 0 Å². The van der Waals surface area contributed by atoms with Gasteiger partial charge in [-0.25, -0.2) is 8.42 Å². The molecular weight excluding hydrogens is 330 g/mol. The number of nitrogens with zero attached hydrogens (tertiary/aromatic N) is 2. The molecule has 2 heterocycles. The molecule has 0 bridgehead atoms. The van der Waals surface area contributed by atoms with Gasteiger partial charge in [-0.2, -0.15) is 4.31 Å². The third kappa shape index (κ3) is 2.83. The summed E-state index contributed by atoms with van der Waals surface area (Å²) in [5, 5.41) is 2.75. The first-order valence-corrected chi connectivity index (χ1v) is 8.55. The van der Waals surface area contributed by atoms with Crippen LogP contribution in [0.4, 0.5) is 0 Å². The van der Waals surface area contributed by atoms with E-state index in [-0.39, 0.29) is 29.0 Å². The summed E-state index contributed by atoms with van der Waals surface area (Å²) in [4.78, 5) is 16.1. The SMILES string of the molecule is CNC(=O)C1(COC)CCCN1S(=O)(=O)c1cncc(Cl)c1. The van der Waals surface area contributed by atoms with Gasteiger partial charge >= 0.3 is 0 Å². The van der Waals surface area contributed by atoms with Crippen molar-refractivity contribution < 1.29 is 17.9 Å². The highest BCUT2D eigenvalue weighted by Crippen LogP contribution is 2.35. The molecule has 1 aliphatic rings. The van der Waals surface area contributed by atoms with Gasteiger partial charge in [0, 0.05) is 33.1 Å². The fourth-order valence-corrected chi connectivity index (χ4v) is 4.79. The number of nitrogens with one attached hydrogen (secondary N) is 1. The Morgan fingerprint density at radius 3 is 2.86 bits per heavy atom. The molecule has 1 N–H and O–H groups in total. The second-order valence-corrected chi connectivity index (χ2v) is 7.36. The van der Waals surface area contributed by atoms with E-state index in [1.807, 2.05) is 0 Å². The summed E-state index contributed by atoms with van der Waals surface area (Å²) in [7, 11) is -0.985. The van der Waals surface area contributed by atoms with Crippen LogP contribution in [0.5, 0.6) is 0 Å². The number of sulfonamides is 1. The van der Waals surface area contributed by atoms with E-state index < -0.39 is 15.6 Å². The molecule has 1 unspecified atom stereocenters.